The first-order valence-electron chi connectivity index (χ1n) is 7.44. The topological polar surface area (TPSA) is 87.4 Å². The minimum atomic E-state index is -0.333. The highest BCUT2D eigenvalue weighted by Gasteiger charge is 2.24. The van der Waals surface area contributed by atoms with Gasteiger partial charge in [0, 0.05) is 11.6 Å². The van der Waals surface area contributed by atoms with Gasteiger partial charge < -0.3 is 28.5 Å². The molecule has 1 aliphatic rings. The molecule has 7 nitrogen and oxygen atoms in total. The molecule has 0 atom stereocenters. The lowest BCUT2D eigenvalue weighted by Gasteiger charge is -2.12. The molecule has 128 valence electrons. The van der Waals surface area contributed by atoms with Gasteiger partial charge in [-0.25, -0.2) is 0 Å². The van der Waals surface area contributed by atoms with E-state index in [0.29, 0.717) is 22.6 Å². The first-order valence-corrected chi connectivity index (χ1v) is 7.44. The van der Waals surface area contributed by atoms with E-state index in [0.717, 1.165) is 0 Å². The molecule has 4 rings (SSSR count). The van der Waals surface area contributed by atoms with Crippen LogP contribution in [0.3, 0.4) is 0 Å². The van der Waals surface area contributed by atoms with Crippen molar-refractivity contribution in [2.24, 2.45) is 0 Å². The maximum Gasteiger partial charge on any atom is 0.231 e. The number of phenols is 1. The molecule has 1 aromatic heterocycles. The molecule has 7 heteroatoms. The summed E-state index contributed by atoms with van der Waals surface area (Å²) >= 11 is 0. The zero-order valence-corrected chi connectivity index (χ0v) is 13.5. The summed E-state index contributed by atoms with van der Waals surface area (Å²) in [6.45, 7) is 0.0935. The van der Waals surface area contributed by atoms with Gasteiger partial charge >= 0.3 is 0 Å². The number of hydrogen-bond acceptors (Lipinski definition) is 7. The zero-order chi connectivity index (χ0) is 17.6. The van der Waals surface area contributed by atoms with Crippen LogP contribution < -0.4 is 24.4 Å². The Morgan fingerprint density at radius 3 is 2.64 bits per heavy atom. The van der Waals surface area contributed by atoms with Crippen molar-refractivity contribution in [3.8, 4) is 39.9 Å². The summed E-state index contributed by atoms with van der Waals surface area (Å²) in [6.07, 6.45) is 1.33. The van der Waals surface area contributed by atoms with Crippen molar-refractivity contribution in [2.75, 3.05) is 21.0 Å². The van der Waals surface area contributed by atoms with E-state index < -0.39 is 0 Å². The van der Waals surface area contributed by atoms with Gasteiger partial charge in [0.25, 0.3) is 0 Å². The van der Waals surface area contributed by atoms with Crippen LogP contribution in [0, 0.1) is 0 Å². The maximum atomic E-state index is 13.1. The van der Waals surface area contributed by atoms with E-state index >= 15 is 0 Å². The molecule has 0 amide bonds. The SMILES string of the molecule is COc1c(O)cc2occ(-c3cccc4c3OCO4)c(=O)c2c1OC. The highest BCUT2D eigenvalue weighted by molar-refractivity contribution is 5.92. The molecule has 0 radical (unpaired) electrons. The number of phenolic OH excluding ortho intramolecular Hbond substituents is 1. The van der Waals surface area contributed by atoms with Crippen molar-refractivity contribution >= 4 is 11.0 Å². The summed E-state index contributed by atoms with van der Waals surface area (Å²) < 4.78 is 26.8. The monoisotopic (exact) mass is 342 g/mol. The van der Waals surface area contributed by atoms with Crippen LogP contribution in [0.15, 0.2) is 39.7 Å². The van der Waals surface area contributed by atoms with Gasteiger partial charge in [-0.05, 0) is 6.07 Å². The van der Waals surface area contributed by atoms with Gasteiger partial charge in [0.1, 0.15) is 17.2 Å². The van der Waals surface area contributed by atoms with Gasteiger partial charge in [0.15, 0.2) is 23.0 Å². The van der Waals surface area contributed by atoms with E-state index in [1.165, 1.54) is 26.5 Å². The summed E-state index contributed by atoms with van der Waals surface area (Å²) in [5.41, 5.74) is 0.703. The fourth-order valence-corrected chi connectivity index (χ4v) is 2.94. The minimum Gasteiger partial charge on any atom is -0.504 e. The molecule has 1 N–H and O–H groups in total. The lowest BCUT2D eigenvalue weighted by molar-refractivity contribution is 0.174. The van der Waals surface area contributed by atoms with Crippen molar-refractivity contribution in [3.05, 3.63) is 40.8 Å². The number of hydrogen-bond donors (Lipinski definition) is 1. The van der Waals surface area contributed by atoms with E-state index in [1.54, 1.807) is 18.2 Å². The lowest BCUT2D eigenvalue weighted by Crippen LogP contribution is -2.08. The number of aromatic hydroxyl groups is 1. The third-order valence-corrected chi connectivity index (χ3v) is 4.05. The highest BCUT2D eigenvalue weighted by atomic mass is 16.7. The molecule has 0 spiro atoms. The smallest absolute Gasteiger partial charge is 0.231 e. The van der Waals surface area contributed by atoms with E-state index in [-0.39, 0.29) is 40.4 Å². The van der Waals surface area contributed by atoms with Gasteiger partial charge in [-0.1, -0.05) is 12.1 Å². The van der Waals surface area contributed by atoms with Gasteiger partial charge in [0.2, 0.25) is 18.0 Å². The molecule has 0 bridgehead atoms. The van der Waals surface area contributed by atoms with Crippen molar-refractivity contribution in [1.29, 1.82) is 0 Å². The van der Waals surface area contributed by atoms with E-state index in [4.69, 9.17) is 23.4 Å². The highest BCUT2D eigenvalue weighted by Crippen LogP contribution is 2.44. The standard InChI is InChI=1S/C18H14O7/c1-21-17-11(19)6-13-14(18(17)22-2)15(20)10(7-23-13)9-4-3-5-12-16(9)25-8-24-12/h3-7,19H,8H2,1-2H3. The van der Waals surface area contributed by atoms with Crippen LogP contribution in [0.1, 0.15) is 0 Å². The van der Waals surface area contributed by atoms with Gasteiger partial charge in [-0.3, -0.25) is 4.79 Å². The Morgan fingerprint density at radius 1 is 1.08 bits per heavy atom. The Kier molecular flexibility index (Phi) is 3.42. The summed E-state index contributed by atoms with van der Waals surface area (Å²) in [5, 5.41) is 10.2. The van der Waals surface area contributed by atoms with Crippen LogP contribution in [-0.2, 0) is 0 Å². The second-order valence-corrected chi connectivity index (χ2v) is 5.35. The van der Waals surface area contributed by atoms with Crippen LogP contribution >= 0.6 is 0 Å². The molecule has 0 fully saturated rings. The Morgan fingerprint density at radius 2 is 1.88 bits per heavy atom. The molecule has 0 saturated carbocycles. The quantitative estimate of drug-likeness (QED) is 0.783. The largest absolute Gasteiger partial charge is 0.504 e. The van der Waals surface area contributed by atoms with Gasteiger partial charge in [-0.15, -0.1) is 0 Å². The van der Waals surface area contributed by atoms with Crippen molar-refractivity contribution in [1.82, 2.24) is 0 Å². The number of rotatable bonds is 3. The number of ether oxygens (including phenoxy) is 4. The fraction of sp³-hybridized carbons (Fsp3) is 0.167. The molecule has 0 aliphatic carbocycles. The molecule has 25 heavy (non-hydrogen) atoms. The van der Waals surface area contributed by atoms with Crippen LogP contribution in [-0.4, -0.2) is 26.1 Å². The lowest BCUT2D eigenvalue weighted by atomic mass is 10.0. The normalized spacial score (nSPS) is 12.4. The second-order valence-electron chi connectivity index (χ2n) is 5.35. The summed E-state index contributed by atoms with van der Waals surface area (Å²) in [6, 6.07) is 6.59. The van der Waals surface area contributed by atoms with E-state index in [1.807, 2.05) is 0 Å². The Hall–Kier alpha value is -3.35. The molecule has 3 aromatic rings. The average molecular weight is 342 g/mol. The first kappa shape index (κ1) is 15.2. The maximum absolute atomic E-state index is 13.1. The van der Waals surface area contributed by atoms with Crippen molar-refractivity contribution < 1.29 is 28.5 Å². The number of para-hydroxylation sites is 1. The van der Waals surface area contributed by atoms with Crippen LogP contribution in [0.2, 0.25) is 0 Å². The van der Waals surface area contributed by atoms with E-state index in [9.17, 15) is 9.90 Å². The summed E-state index contributed by atoms with van der Waals surface area (Å²) in [4.78, 5) is 13.1. The van der Waals surface area contributed by atoms with Crippen molar-refractivity contribution in [2.45, 2.75) is 0 Å². The van der Waals surface area contributed by atoms with Gasteiger partial charge in [0.05, 0.1) is 19.8 Å². The first-order chi connectivity index (χ1) is 12.2. The molecular formula is C18H14O7. The Balaban J connectivity index is 2.06. The van der Waals surface area contributed by atoms with Crippen LogP contribution in [0.25, 0.3) is 22.1 Å². The molecule has 2 aromatic carbocycles. The number of benzene rings is 2. The van der Waals surface area contributed by atoms with Crippen molar-refractivity contribution in [3.63, 3.8) is 0 Å². The van der Waals surface area contributed by atoms with Crippen LogP contribution in [0.5, 0.6) is 28.7 Å². The zero-order valence-electron chi connectivity index (χ0n) is 13.5. The third kappa shape index (κ3) is 2.16. The Labute approximate surface area is 141 Å². The van der Waals surface area contributed by atoms with Gasteiger partial charge in [-0.2, -0.15) is 0 Å². The molecular weight excluding hydrogens is 328 g/mol. The minimum absolute atomic E-state index is 0.0670. The number of methoxy groups -OCH3 is 2. The predicted octanol–water partition coefficient (Wildman–Crippen LogP) is 2.91. The average Bonchev–Trinajstić information content (AvgIpc) is 3.10. The molecule has 0 saturated heterocycles. The third-order valence-electron chi connectivity index (χ3n) is 4.05. The second kappa shape index (κ2) is 5.62. The van der Waals surface area contributed by atoms with E-state index in [2.05, 4.69) is 0 Å². The predicted molar refractivity (Wildman–Crippen MR) is 88.8 cm³/mol. The number of fused-ring (bicyclic) bond motifs is 2. The fourth-order valence-electron chi connectivity index (χ4n) is 2.94. The summed E-state index contributed by atoms with van der Waals surface area (Å²) in [7, 11) is 2.77. The summed E-state index contributed by atoms with van der Waals surface area (Å²) in [5.74, 6) is 1.04. The Bertz CT molecular complexity index is 1040. The molecule has 2 heterocycles. The van der Waals surface area contributed by atoms with Crippen LogP contribution in [0.4, 0.5) is 0 Å². The molecule has 1 aliphatic heterocycles. The molecule has 0 unspecified atom stereocenters.